The quantitative estimate of drug-likeness (QED) is 0.772. The Hall–Kier alpha value is -2.98. The number of rotatable bonds is 6. The van der Waals surface area contributed by atoms with Crippen molar-refractivity contribution in [2.45, 2.75) is 30.7 Å². The van der Waals surface area contributed by atoms with Gasteiger partial charge in [-0.15, -0.1) is 0 Å². The fourth-order valence-corrected chi connectivity index (χ4v) is 3.31. The molecular weight excluding hydrogens is 367 g/mol. The number of amides is 1. The number of nitrogens with one attached hydrogen (secondary N) is 1. The third-order valence-corrected chi connectivity index (χ3v) is 5.58. The standard InChI is InChI=1S/C20H19FN2O3S/c1-20(2,19(24)23-14-15-4-8-17(21)9-5-15)16-6-10-18(11-7-16)27(25,26)13-3-12-22/h3-11,13H,14H2,1-2H3,(H,23,24)/b13-3+. The smallest absolute Gasteiger partial charge is 0.230 e. The summed E-state index contributed by atoms with van der Waals surface area (Å²) in [5, 5.41) is 12.1. The van der Waals surface area contributed by atoms with Crippen LogP contribution < -0.4 is 5.32 Å². The largest absolute Gasteiger partial charge is 0.351 e. The Morgan fingerprint density at radius 1 is 1.15 bits per heavy atom. The lowest BCUT2D eigenvalue weighted by Gasteiger charge is -2.24. The van der Waals surface area contributed by atoms with E-state index in [4.69, 9.17) is 5.26 Å². The summed E-state index contributed by atoms with van der Waals surface area (Å²) in [6, 6.07) is 13.4. The Morgan fingerprint density at radius 3 is 2.30 bits per heavy atom. The highest BCUT2D eigenvalue weighted by atomic mass is 32.2. The van der Waals surface area contributed by atoms with Gasteiger partial charge in [-0.2, -0.15) is 5.26 Å². The van der Waals surface area contributed by atoms with E-state index in [1.54, 1.807) is 44.2 Å². The number of sulfone groups is 1. The van der Waals surface area contributed by atoms with Crippen LogP contribution in [0.1, 0.15) is 25.0 Å². The zero-order chi connectivity index (χ0) is 20.1. The summed E-state index contributed by atoms with van der Waals surface area (Å²) in [5.41, 5.74) is 0.513. The molecule has 2 aromatic carbocycles. The lowest BCUT2D eigenvalue weighted by Crippen LogP contribution is -2.39. The van der Waals surface area contributed by atoms with Crippen LogP contribution in [-0.2, 0) is 26.6 Å². The van der Waals surface area contributed by atoms with Crippen LogP contribution in [0.2, 0.25) is 0 Å². The summed E-state index contributed by atoms with van der Waals surface area (Å²) < 4.78 is 37.0. The van der Waals surface area contributed by atoms with Crippen molar-refractivity contribution in [2.24, 2.45) is 0 Å². The van der Waals surface area contributed by atoms with E-state index in [9.17, 15) is 17.6 Å². The zero-order valence-electron chi connectivity index (χ0n) is 14.9. The van der Waals surface area contributed by atoms with E-state index >= 15 is 0 Å². The summed E-state index contributed by atoms with van der Waals surface area (Å²) in [6.07, 6.45) is 0.899. The van der Waals surface area contributed by atoms with Gasteiger partial charge in [0.25, 0.3) is 0 Å². The molecule has 0 unspecified atom stereocenters. The van der Waals surface area contributed by atoms with Crippen molar-refractivity contribution >= 4 is 15.7 Å². The molecule has 0 aliphatic heterocycles. The summed E-state index contributed by atoms with van der Waals surface area (Å²) in [7, 11) is -3.69. The van der Waals surface area contributed by atoms with Gasteiger partial charge >= 0.3 is 0 Å². The molecule has 0 atom stereocenters. The van der Waals surface area contributed by atoms with Crippen LogP contribution >= 0.6 is 0 Å². The van der Waals surface area contributed by atoms with Gasteiger partial charge in [-0.1, -0.05) is 24.3 Å². The van der Waals surface area contributed by atoms with Gasteiger partial charge in [0.2, 0.25) is 15.7 Å². The number of nitriles is 1. The summed E-state index contributed by atoms with van der Waals surface area (Å²) in [6.45, 7) is 3.71. The Kier molecular flexibility index (Phi) is 6.13. The number of hydrogen-bond donors (Lipinski definition) is 1. The minimum atomic E-state index is -3.69. The van der Waals surface area contributed by atoms with E-state index in [1.165, 1.54) is 24.3 Å². The monoisotopic (exact) mass is 386 g/mol. The Bertz CT molecular complexity index is 987. The maximum atomic E-state index is 12.9. The summed E-state index contributed by atoms with van der Waals surface area (Å²) in [5.74, 6) is -0.586. The molecule has 0 spiro atoms. The highest BCUT2D eigenvalue weighted by molar-refractivity contribution is 7.94. The molecule has 0 bridgehead atoms. The van der Waals surface area contributed by atoms with Crippen molar-refractivity contribution < 1.29 is 17.6 Å². The van der Waals surface area contributed by atoms with Crippen molar-refractivity contribution in [3.05, 3.63) is 77.0 Å². The Labute approximate surface area is 158 Å². The minimum absolute atomic E-state index is 0.0419. The molecule has 0 aromatic heterocycles. The average molecular weight is 386 g/mol. The lowest BCUT2D eigenvalue weighted by molar-refractivity contribution is -0.125. The summed E-state index contributed by atoms with van der Waals surface area (Å²) in [4.78, 5) is 12.6. The maximum absolute atomic E-state index is 12.9. The topological polar surface area (TPSA) is 87.0 Å². The fraction of sp³-hybridized carbons (Fsp3) is 0.200. The van der Waals surface area contributed by atoms with E-state index in [0.29, 0.717) is 5.56 Å². The molecular formula is C20H19FN2O3S. The minimum Gasteiger partial charge on any atom is -0.351 e. The Balaban J connectivity index is 2.13. The van der Waals surface area contributed by atoms with Crippen molar-refractivity contribution in [3.63, 3.8) is 0 Å². The molecule has 0 saturated heterocycles. The van der Waals surface area contributed by atoms with Gasteiger partial charge in [0.15, 0.2) is 0 Å². The number of carbonyl (C=O) groups excluding carboxylic acids is 1. The summed E-state index contributed by atoms with van der Waals surface area (Å²) >= 11 is 0. The number of nitrogens with zero attached hydrogens (tertiary/aromatic N) is 1. The molecule has 0 aliphatic rings. The fourth-order valence-electron chi connectivity index (χ4n) is 2.40. The van der Waals surface area contributed by atoms with Crippen LogP contribution in [0.3, 0.4) is 0 Å². The molecule has 1 N–H and O–H groups in total. The van der Waals surface area contributed by atoms with Gasteiger partial charge in [0.05, 0.1) is 16.4 Å². The molecule has 2 rings (SSSR count). The molecule has 0 heterocycles. The first-order chi connectivity index (χ1) is 12.7. The number of carbonyl (C=O) groups is 1. The third-order valence-electron chi connectivity index (χ3n) is 4.16. The van der Waals surface area contributed by atoms with Gasteiger partial charge < -0.3 is 5.32 Å². The predicted molar refractivity (Wildman–Crippen MR) is 99.7 cm³/mol. The van der Waals surface area contributed by atoms with Crippen molar-refractivity contribution in [1.29, 1.82) is 5.26 Å². The second kappa shape index (κ2) is 8.14. The van der Waals surface area contributed by atoms with Gasteiger partial charge in [-0.25, -0.2) is 12.8 Å². The number of halogens is 1. The first-order valence-corrected chi connectivity index (χ1v) is 9.66. The second-order valence-electron chi connectivity index (χ2n) is 6.44. The van der Waals surface area contributed by atoms with E-state index < -0.39 is 15.3 Å². The van der Waals surface area contributed by atoms with Crippen molar-refractivity contribution in [3.8, 4) is 6.07 Å². The normalized spacial score (nSPS) is 11.9. The highest BCUT2D eigenvalue weighted by Crippen LogP contribution is 2.25. The van der Waals surface area contributed by atoms with Crippen molar-refractivity contribution in [2.75, 3.05) is 0 Å². The van der Waals surface area contributed by atoms with E-state index in [0.717, 1.165) is 17.0 Å². The molecule has 1 amide bonds. The van der Waals surface area contributed by atoms with E-state index in [-0.39, 0.29) is 23.2 Å². The third kappa shape index (κ3) is 5.02. The molecule has 7 heteroatoms. The number of hydrogen-bond acceptors (Lipinski definition) is 4. The molecule has 0 radical (unpaired) electrons. The van der Waals surface area contributed by atoms with Crippen LogP contribution in [0.15, 0.2) is 64.9 Å². The first-order valence-electron chi connectivity index (χ1n) is 8.11. The van der Waals surface area contributed by atoms with Gasteiger partial charge in [0.1, 0.15) is 5.82 Å². The van der Waals surface area contributed by atoms with Crippen LogP contribution in [0.25, 0.3) is 0 Å². The van der Waals surface area contributed by atoms with Crippen LogP contribution in [0.4, 0.5) is 4.39 Å². The maximum Gasteiger partial charge on any atom is 0.230 e. The van der Waals surface area contributed by atoms with Gasteiger partial charge in [-0.3, -0.25) is 4.79 Å². The molecule has 0 aliphatic carbocycles. The zero-order valence-corrected chi connectivity index (χ0v) is 15.8. The average Bonchev–Trinajstić information content (AvgIpc) is 2.65. The highest BCUT2D eigenvalue weighted by Gasteiger charge is 2.29. The van der Waals surface area contributed by atoms with E-state index in [1.807, 2.05) is 0 Å². The molecule has 27 heavy (non-hydrogen) atoms. The van der Waals surface area contributed by atoms with Crippen LogP contribution in [0, 0.1) is 17.1 Å². The van der Waals surface area contributed by atoms with E-state index in [2.05, 4.69) is 5.32 Å². The van der Waals surface area contributed by atoms with Crippen molar-refractivity contribution in [1.82, 2.24) is 5.32 Å². The first kappa shape index (κ1) is 20.3. The molecule has 0 fully saturated rings. The van der Waals surface area contributed by atoms with Gasteiger partial charge in [-0.05, 0) is 49.2 Å². The van der Waals surface area contributed by atoms with Crippen LogP contribution in [0.5, 0.6) is 0 Å². The molecule has 140 valence electrons. The lowest BCUT2D eigenvalue weighted by atomic mass is 9.83. The predicted octanol–water partition coefficient (Wildman–Crippen LogP) is 3.23. The van der Waals surface area contributed by atoms with Crippen LogP contribution in [-0.4, -0.2) is 14.3 Å². The Morgan fingerprint density at radius 2 is 1.74 bits per heavy atom. The molecule has 0 saturated carbocycles. The molecule has 2 aromatic rings. The number of allylic oxidation sites excluding steroid dienone is 1. The number of benzene rings is 2. The second-order valence-corrected chi connectivity index (χ2v) is 8.27. The molecule has 5 nitrogen and oxygen atoms in total. The van der Waals surface area contributed by atoms with Gasteiger partial charge in [0, 0.05) is 18.0 Å². The SMILES string of the molecule is CC(C)(C(=O)NCc1ccc(F)cc1)c1ccc(S(=O)(=O)/C=C/C#N)cc1.